The molecule has 0 aromatic rings. The van der Waals surface area contributed by atoms with Crippen molar-refractivity contribution in [3.05, 3.63) is 0 Å². The van der Waals surface area contributed by atoms with E-state index in [1.54, 1.807) is 0 Å². The molecule has 1 atom stereocenters. The van der Waals surface area contributed by atoms with Gasteiger partial charge in [0.05, 0.1) is 18.4 Å². The topological polar surface area (TPSA) is 111 Å². The maximum absolute atomic E-state index is 10.9. The third kappa shape index (κ3) is 7.34. The summed E-state index contributed by atoms with van der Waals surface area (Å²) in [4.78, 5) is 21.1. The van der Waals surface area contributed by atoms with Gasteiger partial charge in [0.1, 0.15) is 0 Å². The molecule has 0 aliphatic heterocycles. The van der Waals surface area contributed by atoms with Crippen LogP contribution in [0.15, 0.2) is 0 Å². The molecule has 0 aliphatic carbocycles. The minimum atomic E-state index is -0.877. The summed E-state index contributed by atoms with van der Waals surface area (Å²) in [6, 6.07) is 1.92. The molecule has 1 unspecified atom stereocenters. The van der Waals surface area contributed by atoms with Crippen molar-refractivity contribution in [2.45, 2.75) is 32.1 Å². The average molecular weight is 224 g/mol. The normalized spacial score (nSPS) is 10.9. The molecule has 16 heavy (non-hydrogen) atoms. The minimum Gasteiger partial charge on any atom is -0.481 e. The van der Waals surface area contributed by atoms with Crippen molar-refractivity contribution in [2.75, 3.05) is 0 Å². The maximum Gasteiger partial charge on any atom is 0.322 e. The number of aliphatic carboxylic acids is 1. The lowest BCUT2D eigenvalue weighted by atomic mass is 9.99. The van der Waals surface area contributed by atoms with Crippen LogP contribution in [0.25, 0.3) is 0 Å². The lowest BCUT2D eigenvalue weighted by Gasteiger charge is -2.05. The third-order valence-corrected chi connectivity index (χ3v) is 1.95. The van der Waals surface area contributed by atoms with Gasteiger partial charge in [0.15, 0.2) is 0 Å². The van der Waals surface area contributed by atoms with E-state index in [1.807, 2.05) is 6.07 Å². The average Bonchev–Trinajstić information content (AvgIpc) is 2.22. The number of carbonyl (C=O) groups excluding carboxylic acids is 1. The largest absolute Gasteiger partial charge is 0.481 e. The van der Waals surface area contributed by atoms with Crippen molar-refractivity contribution < 1.29 is 19.4 Å². The number of ether oxygens (including phenoxy) is 1. The molecule has 0 aromatic carbocycles. The number of unbranched alkanes of at least 4 members (excludes halogenated alkanes) is 1. The third-order valence-electron chi connectivity index (χ3n) is 1.95. The molecule has 0 heterocycles. The van der Waals surface area contributed by atoms with Crippen LogP contribution in [0.3, 0.4) is 0 Å². The number of hydrogen-bond acceptors (Lipinski definition) is 5. The van der Waals surface area contributed by atoms with Crippen molar-refractivity contribution in [2.24, 2.45) is 5.92 Å². The van der Waals surface area contributed by atoms with Crippen molar-refractivity contribution in [1.29, 1.82) is 10.5 Å². The first kappa shape index (κ1) is 13.9. The number of carbonyl (C=O) groups is 2. The summed E-state index contributed by atoms with van der Waals surface area (Å²) in [6.07, 6.45) is 2.64. The summed E-state index contributed by atoms with van der Waals surface area (Å²) >= 11 is 0. The van der Waals surface area contributed by atoms with Crippen LogP contribution in [0.2, 0.25) is 0 Å². The standard InChI is InChI=1S/C10H12N2O4/c11-6-8(5-10(15)16-7-12)3-1-2-4-9(13)14/h8H,1-5H2,(H,13,14). The summed E-state index contributed by atoms with van der Waals surface area (Å²) in [7, 11) is 0. The smallest absolute Gasteiger partial charge is 0.322 e. The Balaban J connectivity index is 3.77. The molecule has 0 saturated heterocycles. The predicted molar refractivity (Wildman–Crippen MR) is 51.5 cm³/mol. The molecule has 6 heteroatoms. The second-order valence-electron chi connectivity index (χ2n) is 3.24. The molecule has 0 aliphatic rings. The molecular formula is C10H12N2O4. The summed E-state index contributed by atoms with van der Waals surface area (Å²) < 4.78 is 4.04. The number of hydrogen-bond donors (Lipinski definition) is 1. The molecule has 0 fully saturated rings. The molecule has 6 nitrogen and oxygen atoms in total. The van der Waals surface area contributed by atoms with Crippen LogP contribution in [-0.2, 0) is 14.3 Å². The van der Waals surface area contributed by atoms with Gasteiger partial charge in [0, 0.05) is 6.42 Å². The molecule has 0 bridgehead atoms. The fourth-order valence-corrected chi connectivity index (χ4v) is 1.17. The summed E-state index contributed by atoms with van der Waals surface area (Å²) in [5.41, 5.74) is 0. The Kier molecular flexibility index (Phi) is 7.17. The van der Waals surface area contributed by atoms with Gasteiger partial charge in [-0.05, 0) is 12.8 Å². The van der Waals surface area contributed by atoms with E-state index in [0.717, 1.165) is 0 Å². The van der Waals surface area contributed by atoms with E-state index < -0.39 is 17.9 Å². The van der Waals surface area contributed by atoms with Gasteiger partial charge in [0.25, 0.3) is 6.26 Å². The van der Waals surface area contributed by atoms with Gasteiger partial charge in [-0.3, -0.25) is 9.59 Å². The van der Waals surface area contributed by atoms with Gasteiger partial charge in [-0.2, -0.15) is 5.26 Å². The number of esters is 1. The first-order valence-electron chi connectivity index (χ1n) is 4.80. The Bertz CT molecular complexity index is 327. The highest BCUT2D eigenvalue weighted by atomic mass is 16.5. The second kappa shape index (κ2) is 8.25. The highest BCUT2D eigenvalue weighted by Gasteiger charge is 2.14. The molecule has 0 amide bonds. The molecule has 0 radical (unpaired) electrons. The van der Waals surface area contributed by atoms with Gasteiger partial charge in [-0.25, -0.2) is 0 Å². The Labute approximate surface area is 93.0 Å². The van der Waals surface area contributed by atoms with Crippen molar-refractivity contribution >= 4 is 11.9 Å². The SMILES string of the molecule is N#COC(=O)CC(C#N)CCCCC(=O)O. The fourth-order valence-electron chi connectivity index (χ4n) is 1.17. The van der Waals surface area contributed by atoms with Crippen LogP contribution in [0.4, 0.5) is 0 Å². The quantitative estimate of drug-likeness (QED) is 0.395. The van der Waals surface area contributed by atoms with Gasteiger partial charge in [-0.15, -0.1) is 5.26 Å². The van der Waals surface area contributed by atoms with Gasteiger partial charge < -0.3 is 9.84 Å². The van der Waals surface area contributed by atoms with Crippen LogP contribution in [0.1, 0.15) is 32.1 Å². The Hall–Kier alpha value is -2.08. The molecule has 0 aromatic heterocycles. The molecule has 86 valence electrons. The first-order valence-corrected chi connectivity index (χ1v) is 4.80. The fraction of sp³-hybridized carbons (Fsp3) is 0.600. The van der Waals surface area contributed by atoms with Crippen LogP contribution in [0, 0.1) is 28.8 Å². The van der Waals surface area contributed by atoms with Crippen molar-refractivity contribution in [3.63, 3.8) is 0 Å². The monoisotopic (exact) mass is 224 g/mol. The summed E-state index contributed by atoms with van der Waals surface area (Å²) in [5, 5.41) is 25.1. The van der Waals surface area contributed by atoms with Crippen LogP contribution in [-0.4, -0.2) is 17.0 Å². The zero-order chi connectivity index (χ0) is 12.4. The Morgan fingerprint density at radius 1 is 1.31 bits per heavy atom. The van der Waals surface area contributed by atoms with E-state index in [9.17, 15) is 9.59 Å². The predicted octanol–water partition coefficient (Wildman–Crippen LogP) is 1.19. The second-order valence-corrected chi connectivity index (χ2v) is 3.24. The van der Waals surface area contributed by atoms with E-state index in [4.69, 9.17) is 15.6 Å². The number of nitrogens with zero attached hydrogens (tertiary/aromatic N) is 2. The van der Waals surface area contributed by atoms with E-state index >= 15 is 0 Å². The number of carboxylic acid groups (broad SMARTS) is 1. The van der Waals surface area contributed by atoms with Gasteiger partial charge in [0.2, 0.25) is 0 Å². The van der Waals surface area contributed by atoms with E-state index in [2.05, 4.69) is 4.74 Å². The lowest BCUT2D eigenvalue weighted by Crippen LogP contribution is -2.08. The van der Waals surface area contributed by atoms with Crippen LogP contribution < -0.4 is 0 Å². The lowest BCUT2D eigenvalue weighted by molar-refractivity contribution is -0.138. The first-order chi connectivity index (χ1) is 7.60. The van der Waals surface area contributed by atoms with Crippen molar-refractivity contribution in [3.8, 4) is 12.3 Å². The van der Waals surface area contributed by atoms with Gasteiger partial charge in [-0.1, -0.05) is 6.42 Å². The highest BCUT2D eigenvalue weighted by molar-refractivity contribution is 5.71. The molecular weight excluding hydrogens is 212 g/mol. The Morgan fingerprint density at radius 3 is 2.50 bits per heavy atom. The molecule has 0 spiro atoms. The van der Waals surface area contributed by atoms with E-state index in [1.165, 1.54) is 6.26 Å². The summed E-state index contributed by atoms with van der Waals surface area (Å²) in [6.45, 7) is 0. The number of rotatable bonds is 7. The minimum absolute atomic E-state index is 0.0563. The highest BCUT2D eigenvalue weighted by Crippen LogP contribution is 2.13. The molecule has 0 saturated carbocycles. The number of nitriles is 2. The summed E-state index contributed by atoms with van der Waals surface area (Å²) in [5.74, 6) is -2.13. The van der Waals surface area contributed by atoms with Crippen LogP contribution >= 0.6 is 0 Å². The Morgan fingerprint density at radius 2 is 2.00 bits per heavy atom. The zero-order valence-electron chi connectivity index (χ0n) is 8.68. The van der Waals surface area contributed by atoms with E-state index in [-0.39, 0.29) is 12.8 Å². The van der Waals surface area contributed by atoms with Crippen molar-refractivity contribution in [1.82, 2.24) is 0 Å². The van der Waals surface area contributed by atoms with Crippen LogP contribution in [0.5, 0.6) is 0 Å². The number of carboxylic acids is 1. The molecule has 0 rings (SSSR count). The van der Waals surface area contributed by atoms with E-state index in [0.29, 0.717) is 19.3 Å². The molecule has 1 N–H and O–H groups in total. The maximum atomic E-state index is 10.9. The van der Waals surface area contributed by atoms with Gasteiger partial charge >= 0.3 is 11.9 Å². The zero-order valence-corrected chi connectivity index (χ0v) is 8.68.